The molecule has 0 amide bonds. The van der Waals surface area contributed by atoms with Crippen molar-refractivity contribution in [1.29, 1.82) is 0 Å². The predicted octanol–water partition coefficient (Wildman–Crippen LogP) is 2.73. The Morgan fingerprint density at radius 3 is 2.42 bits per heavy atom. The van der Waals surface area contributed by atoms with Gasteiger partial charge in [0.05, 0.1) is 0 Å². The van der Waals surface area contributed by atoms with Gasteiger partial charge in [-0.3, -0.25) is 0 Å². The molecule has 0 atom stereocenters. The third-order valence-corrected chi connectivity index (χ3v) is 2.63. The molecule has 0 aliphatic heterocycles. The largest absolute Gasteiger partial charge is 0.316 e. The molecule has 0 spiro atoms. The summed E-state index contributed by atoms with van der Waals surface area (Å²) in [5.74, 6) is 0.876. The zero-order valence-electron chi connectivity index (χ0n) is 8.18. The van der Waals surface area contributed by atoms with Crippen molar-refractivity contribution in [3.63, 3.8) is 0 Å². The van der Waals surface area contributed by atoms with Crippen LogP contribution in [0.25, 0.3) is 0 Å². The maximum absolute atomic E-state index is 3.14. The van der Waals surface area contributed by atoms with E-state index < -0.39 is 0 Å². The summed E-state index contributed by atoms with van der Waals surface area (Å²) in [6.07, 6.45) is 13.3. The molecule has 1 aliphatic carbocycles. The van der Waals surface area contributed by atoms with Gasteiger partial charge in [0.25, 0.3) is 0 Å². The predicted molar refractivity (Wildman–Crippen MR) is 54.3 cm³/mol. The number of nitrogens with one attached hydrogen (secondary N) is 1. The van der Waals surface area contributed by atoms with Gasteiger partial charge in [0.2, 0.25) is 0 Å². The highest BCUT2D eigenvalue weighted by Crippen LogP contribution is 2.23. The molecule has 0 radical (unpaired) electrons. The van der Waals surface area contributed by atoms with E-state index >= 15 is 0 Å². The van der Waals surface area contributed by atoms with Gasteiger partial charge >= 0.3 is 0 Å². The number of likely N-dealkylation sites (N-methyl/N-ethyl adjacent to an activating group) is 1. The zero-order valence-corrected chi connectivity index (χ0v) is 8.18. The molecule has 12 heavy (non-hydrogen) atoms. The Balaban J connectivity index is 2.19. The first kappa shape index (κ1) is 9.79. The third kappa shape index (κ3) is 3.91. The van der Waals surface area contributed by atoms with Crippen molar-refractivity contribution in [2.24, 2.45) is 5.92 Å². The van der Waals surface area contributed by atoms with Crippen molar-refractivity contribution in [2.45, 2.75) is 38.5 Å². The van der Waals surface area contributed by atoms with E-state index in [2.05, 4.69) is 17.5 Å². The van der Waals surface area contributed by atoms with Gasteiger partial charge in [-0.05, 0) is 25.8 Å². The fourth-order valence-electron chi connectivity index (χ4n) is 1.88. The lowest BCUT2D eigenvalue weighted by molar-refractivity contribution is 0.557. The van der Waals surface area contributed by atoms with Crippen LogP contribution in [0.3, 0.4) is 0 Å². The number of hydrogen-bond donors (Lipinski definition) is 1. The van der Waals surface area contributed by atoms with Gasteiger partial charge in [-0.1, -0.05) is 37.8 Å². The van der Waals surface area contributed by atoms with Crippen LogP contribution < -0.4 is 5.32 Å². The van der Waals surface area contributed by atoms with Crippen LogP contribution in [0, 0.1) is 5.92 Å². The van der Waals surface area contributed by atoms with E-state index in [0.717, 1.165) is 12.5 Å². The molecule has 0 heterocycles. The second-order valence-electron chi connectivity index (χ2n) is 3.74. The van der Waals surface area contributed by atoms with E-state index in [4.69, 9.17) is 0 Å². The molecule has 0 saturated heterocycles. The van der Waals surface area contributed by atoms with Gasteiger partial charge in [0, 0.05) is 6.54 Å². The summed E-state index contributed by atoms with van der Waals surface area (Å²) in [5, 5.41) is 3.14. The molecule has 0 aromatic rings. The Bertz CT molecular complexity index is 121. The summed E-state index contributed by atoms with van der Waals surface area (Å²) in [5.41, 5.74) is 0. The van der Waals surface area contributed by atoms with Crippen LogP contribution in [0.4, 0.5) is 0 Å². The van der Waals surface area contributed by atoms with E-state index in [1.165, 1.54) is 38.5 Å². The molecule has 1 heteroatoms. The molecule has 0 aromatic heterocycles. The Kier molecular flexibility index (Phi) is 5.09. The van der Waals surface area contributed by atoms with Crippen LogP contribution in [0.5, 0.6) is 0 Å². The molecule has 0 unspecified atom stereocenters. The Hall–Kier alpha value is -0.300. The monoisotopic (exact) mass is 167 g/mol. The lowest BCUT2D eigenvalue weighted by Crippen LogP contribution is -2.05. The minimum Gasteiger partial charge on any atom is -0.316 e. The Morgan fingerprint density at radius 2 is 1.83 bits per heavy atom. The van der Waals surface area contributed by atoms with E-state index in [9.17, 15) is 0 Å². The standard InChI is InChI=1S/C11H21N/c1-12-10-6-9-11-7-4-2-3-5-8-11/h6,9,11-12H,2-5,7-8,10H2,1H3. The van der Waals surface area contributed by atoms with E-state index in [1.807, 2.05) is 7.05 Å². The van der Waals surface area contributed by atoms with Gasteiger partial charge in [0.1, 0.15) is 0 Å². The maximum atomic E-state index is 3.14. The molecule has 0 aromatic carbocycles. The summed E-state index contributed by atoms with van der Waals surface area (Å²) in [6, 6.07) is 0. The topological polar surface area (TPSA) is 12.0 Å². The lowest BCUT2D eigenvalue weighted by Gasteiger charge is -2.06. The first-order valence-corrected chi connectivity index (χ1v) is 5.24. The number of rotatable bonds is 3. The highest BCUT2D eigenvalue weighted by atomic mass is 14.8. The fraction of sp³-hybridized carbons (Fsp3) is 0.818. The second-order valence-corrected chi connectivity index (χ2v) is 3.74. The highest BCUT2D eigenvalue weighted by Gasteiger charge is 2.07. The van der Waals surface area contributed by atoms with E-state index in [0.29, 0.717) is 0 Å². The third-order valence-electron chi connectivity index (χ3n) is 2.63. The number of allylic oxidation sites excluding steroid dienone is 1. The fourth-order valence-corrected chi connectivity index (χ4v) is 1.88. The van der Waals surface area contributed by atoms with Crippen molar-refractivity contribution in [3.8, 4) is 0 Å². The van der Waals surface area contributed by atoms with Gasteiger partial charge in [-0.2, -0.15) is 0 Å². The van der Waals surface area contributed by atoms with Crippen molar-refractivity contribution < 1.29 is 0 Å². The first-order valence-electron chi connectivity index (χ1n) is 5.24. The Labute approximate surface area is 76.2 Å². The van der Waals surface area contributed by atoms with Crippen LogP contribution >= 0.6 is 0 Å². The van der Waals surface area contributed by atoms with Crippen LogP contribution in [-0.2, 0) is 0 Å². The molecule has 1 saturated carbocycles. The van der Waals surface area contributed by atoms with Gasteiger partial charge < -0.3 is 5.32 Å². The minimum atomic E-state index is 0.876. The average Bonchev–Trinajstić information content (AvgIpc) is 2.33. The molecule has 1 nitrogen and oxygen atoms in total. The van der Waals surface area contributed by atoms with Crippen LogP contribution in [0.2, 0.25) is 0 Å². The van der Waals surface area contributed by atoms with Crippen molar-refractivity contribution in [2.75, 3.05) is 13.6 Å². The molecule has 1 fully saturated rings. The summed E-state index contributed by atoms with van der Waals surface area (Å²) in [6.45, 7) is 1.02. The molecular weight excluding hydrogens is 146 g/mol. The van der Waals surface area contributed by atoms with Gasteiger partial charge in [-0.25, -0.2) is 0 Å². The molecule has 1 N–H and O–H groups in total. The summed E-state index contributed by atoms with van der Waals surface area (Å²) >= 11 is 0. The van der Waals surface area contributed by atoms with Crippen LogP contribution in [0.15, 0.2) is 12.2 Å². The molecule has 1 rings (SSSR count). The quantitative estimate of drug-likeness (QED) is 0.503. The van der Waals surface area contributed by atoms with Crippen molar-refractivity contribution >= 4 is 0 Å². The first-order chi connectivity index (χ1) is 5.93. The highest BCUT2D eigenvalue weighted by molar-refractivity contribution is 4.90. The van der Waals surface area contributed by atoms with E-state index in [1.54, 1.807) is 0 Å². The summed E-state index contributed by atoms with van der Waals surface area (Å²) in [4.78, 5) is 0. The second kappa shape index (κ2) is 6.24. The van der Waals surface area contributed by atoms with Gasteiger partial charge in [0.15, 0.2) is 0 Å². The summed E-state index contributed by atoms with van der Waals surface area (Å²) in [7, 11) is 2.00. The average molecular weight is 167 g/mol. The lowest BCUT2D eigenvalue weighted by atomic mass is 10.00. The molecular formula is C11H21N. The molecule has 0 bridgehead atoms. The zero-order chi connectivity index (χ0) is 8.65. The van der Waals surface area contributed by atoms with Gasteiger partial charge in [-0.15, -0.1) is 0 Å². The molecule has 70 valence electrons. The van der Waals surface area contributed by atoms with Crippen LogP contribution in [0.1, 0.15) is 38.5 Å². The minimum absolute atomic E-state index is 0.876. The van der Waals surface area contributed by atoms with E-state index in [-0.39, 0.29) is 0 Å². The maximum Gasteiger partial charge on any atom is 0.0131 e. The summed E-state index contributed by atoms with van der Waals surface area (Å²) < 4.78 is 0. The smallest absolute Gasteiger partial charge is 0.0131 e. The van der Waals surface area contributed by atoms with Crippen molar-refractivity contribution in [3.05, 3.63) is 12.2 Å². The SMILES string of the molecule is CNCC=CC1CCCCCC1. The normalized spacial score (nSPS) is 21.4. The van der Waals surface area contributed by atoms with Crippen molar-refractivity contribution in [1.82, 2.24) is 5.32 Å². The Morgan fingerprint density at radius 1 is 1.17 bits per heavy atom. The number of hydrogen-bond acceptors (Lipinski definition) is 1. The molecule has 1 aliphatic rings. The van der Waals surface area contributed by atoms with Crippen LogP contribution in [-0.4, -0.2) is 13.6 Å².